The first-order valence-corrected chi connectivity index (χ1v) is 9.45. The fourth-order valence-electron chi connectivity index (χ4n) is 2.93. The summed E-state index contributed by atoms with van der Waals surface area (Å²) in [6, 6.07) is 12.4. The normalized spacial score (nSPS) is 12.2. The zero-order chi connectivity index (χ0) is 20.9. The number of anilines is 5. The summed E-state index contributed by atoms with van der Waals surface area (Å²) < 4.78 is 16.2. The molecule has 0 saturated heterocycles. The van der Waals surface area contributed by atoms with E-state index >= 15 is 0 Å². The number of ether oxygens (including phenoxy) is 3. The van der Waals surface area contributed by atoms with E-state index in [4.69, 9.17) is 19.9 Å². The number of nitrogens with two attached hydrogens (primary N) is 1. The van der Waals surface area contributed by atoms with Crippen molar-refractivity contribution in [1.29, 1.82) is 0 Å². The Morgan fingerprint density at radius 1 is 1.03 bits per heavy atom. The Kier molecular flexibility index (Phi) is 5.51. The highest BCUT2D eigenvalue weighted by Gasteiger charge is 2.14. The van der Waals surface area contributed by atoms with Crippen LogP contribution < -0.4 is 25.8 Å². The highest BCUT2D eigenvalue weighted by Crippen LogP contribution is 2.35. The summed E-state index contributed by atoms with van der Waals surface area (Å²) in [5.41, 5.74) is 8.43. The van der Waals surface area contributed by atoms with Crippen LogP contribution in [0.25, 0.3) is 0 Å². The lowest BCUT2D eigenvalue weighted by Crippen LogP contribution is -2.15. The molecule has 9 heteroatoms. The van der Waals surface area contributed by atoms with E-state index in [1.165, 1.54) is 6.33 Å². The van der Waals surface area contributed by atoms with Crippen LogP contribution in [-0.2, 0) is 4.74 Å². The van der Waals surface area contributed by atoms with E-state index < -0.39 is 5.97 Å². The number of carbonyl (C=O) groups excluding carboxylic acids is 1. The van der Waals surface area contributed by atoms with E-state index in [0.29, 0.717) is 59.9 Å². The van der Waals surface area contributed by atoms with Gasteiger partial charge in [0.1, 0.15) is 25.2 Å². The number of esters is 1. The molecule has 4 N–H and O–H groups in total. The molecule has 30 heavy (non-hydrogen) atoms. The Morgan fingerprint density at radius 3 is 2.47 bits per heavy atom. The number of fused-ring (bicyclic) bond motifs is 1. The van der Waals surface area contributed by atoms with Gasteiger partial charge in [-0.25, -0.2) is 14.8 Å². The third kappa shape index (κ3) is 4.19. The van der Waals surface area contributed by atoms with Crippen LogP contribution in [0.4, 0.5) is 28.7 Å². The first-order chi connectivity index (χ1) is 14.6. The number of carbonyl (C=O) groups is 1. The Balaban J connectivity index is 1.54. The van der Waals surface area contributed by atoms with Gasteiger partial charge in [-0.1, -0.05) is 6.07 Å². The number of benzene rings is 2. The average molecular weight is 407 g/mol. The minimum atomic E-state index is -0.391. The maximum absolute atomic E-state index is 11.9. The predicted molar refractivity (Wildman–Crippen MR) is 113 cm³/mol. The van der Waals surface area contributed by atoms with Crippen LogP contribution in [0.2, 0.25) is 0 Å². The smallest absolute Gasteiger partial charge is 0.338 e. The van der Waals surface area contributed by atoms with Crippen LogP contribution in [0, 0.1) is 0 Å². The molecule has 2 aromatic carbocycles. The highest BCUT2D eigenvalue weighted by molar-refractivity contribution is 5.91. The first-order valence-electron chi connectivity index (χ1n) is 9.45. The van der Waals surface area contributed by atoms with E-state index in [9.17, 15) is 4.79 Å². The van der Waals surface area contributed by atoms with E-state index in [-0.39, 0.29) is 0 Å². The van der Waals surface area contributed by atoms with Gasteiger partial charge in [0.2, 0.25) is 0 Å². The lowest BCUT2D eigenvalue weighted by Gasteiger charge is -2.19. The molecule has 0 atom stereocenters. The van der Waals surface area contributed by atoms with Crippen molar-refractivity contribution in [3.63, 3.8) is 0 Å². The monoisotopic (exact) mass is 407 g/mol. The summed E-state index contributed by atoms with van der Waals surface area (Å²) in [6.45, 7) is 3.11. The van der Waals surface area contributed by atoms with Gasteiger partial charge in [-0.2, -0.15) is 0 Å². The van der Waals surface area contributed by atoms with Crippen LogP contribution in [0.3, 0.4) is 0 Å². The van der Waals surface area contributed by atoms with Gasteiger partial charge in [-0.15, -0.1) is 0 Å². The Bertz CT molecular complexity index is 1070. The molecule has 0 fully saturated rings. The molecule has 0 unspecified atom stereocenters. The van der Waals surface area contributed by atoms with Gasteiger partial charge in [0.25, 0.3) is 0 Å². The zero-order valence-electron chi connectivity index (χ0n) is 16.3. The van der Waals surface area contributed by atoms with Crippen LogP contribution >= 0.6 is 0 Å². The SMILES string of the molecule is CCOC(=O)c1cccc(Nc2ncnc(Nc3ccc4c(c3)OCCO4)c2N)c1. The largest absolute Gasteiger partial charge is 0.486 e. The summed E-state index contributed by atoms with van der Waals surface area (Å²) in [7, 11) is 0. The molecule has 1 aromatic heterocycles. The summed E-state index contributed by atoms with van der Waals surface area (Å²) in [4.78, 5) is 20.4. The molecule has 0 aliphatic carbocycles. The van der Waals surface area contributed by atoms with Crippen molar-refractivity contribution < 1.29 is 19.0 Å². The third-order valence-electron chi connectivity index (χ3n) is 4.33. The van der Waals surface area contributed by atoms with E-state index in [1.54, 1.807) is 31.2 Å². The van der Waals surface area contributed by atoms with E-state index in [1.807, 2.05) is 18.2 Å². The summed E-state index contributed by atoms with van der Waals surface area (Å²) in [5, 5.41) is 6.29. The summed E-state index contributed by atoms with van der Waals surface area (Å²) >= 11 is 0. The van der Waals surface area contributed by atoms with Crippen LogP contribution in [0.15, 0.2) is 48.8 Å². The molecule has 0 spiro atoms. The van der Waals surface area contributed by atoms with E-state index in [0.717, 1.165) is 5.69 Å². The number of nitrogen functional groups attached to an aromatic ring is 1. The number of nitrogens with zero attached hydrogens (tertiary/aromatic N) is 2. The van der Waals surface area contributed by atoms with Gasteiger partial charge >= 0.3 is 5.97 Å². The highest BCUT2D eigenvalue weighted by atomic mass is 16.6. The van der Waals surface area contributed by atoms with Crippen LogP contribution in [0.1, 0.15) is 17.3 Å². The molecular formula is C21H21N5O4. The lowest BCUT2D eigenvalue weighted by atomic mass is 10.2. The topological polar surface area (TPSA) is 121 Å². The Morgan fingerprint density at radius 2 is 1.73 bits per heavy atom. The minimum absolute atomic E-state index is 0.310. The molecule has 0 bridgehead atoms. The Labute approximate surface area is 173 Å². The number of hydrogen-bond acceptors (Lipinski definition) is 9. The third-order valence-corrected chi connectivity index (χ3v) is 4.33. The standard InChI is InChI=1S/C21H21N5O4/c1-2-28-21(27)13-4-3-5-14(10-13)25-19-18(22)20(24-12-23-19)26-15-6-7-16-17(11-15)30-9-8-29-16/h3-7,10-12H,2,8-9,22H2,1H3,(H2,23,24,25,26). The molecule has 3 aromatic rings. The maximum Gasteiger partial charge on any atom is 0.338 e. The maximum atomic E-state index is 11.9. The van der Waals surface area contributed by atoms with Gasteiger partial charge < -0.3 is 30.6 Å². The first kappa shape index (κ1) is 19.3. The molecule has 154 valence electrons. The molecule has 0 radical (unpaired) electrons. The molecule has 0 saturated carbocycles. The number of rotatable bonds is 6. The fourth-order valence-corrected chi connectivity index (χ4v) is 2.93. The quantitative estimate of drug-likeness (QED) is 0.527. The summed E-state index contributed by atoms with van der Waals surface area (Å²) in [5.74, 6) is 1.81. The molecule has 1 aliphatic heterocycles. The van der Waals surface area contributed by atoms with Gasteiger partial charge in [-0.05, 0) is 37.3 Å². The predicted octanol–water partition coefficient (Wildman–Crippen LogP) is 3.49. The zero-order valence-corrected chi connectivity index (χ0v) is 16.3. The van der Waals surface area contributed by atoms with Crippen molar-refractivity contribution in [1.82, 2.24) is 9.97 Å². The number of hydrogen-bond donors (Lipinski definition) is 3. The second-order valence-corrected chi connectivity index (χ2v) is 6.39. The van der Waals surface area contributed by atoms with Crippen molar-refractivity contribution >= 4 is 34.7 Å². The molecular weight excluding hydrogens is 386 g/mol. The van der Waals surface area contributed by atoms with Crippen molar-refractivity contribution in [2.24, 2.45) is 0 Å². The van der Waals surface area contributed by atoms with E-state index in [2.05, 4.69) is 20.6 Å². The minimum Gasteiger partial charge on any atom is -0.486 e. The molecule has 4 rings (SSSR count). The molecule has 9 nitrogen and oxygen atoms in total. The van der Waals surface area contributed by atoms with Gasteiger partial charge in [-0.3, -0.25) is 0 Å². The number of nitrogens with one attached hydrogen (secondary N) is 2. The summed E-state index contributed by atoms with van der Waals surface area (Å²) in [6.07, 6.45) is 1.40. The second kappa shape index (κ2) is 8.56. The van der Waals surface area contributed by atoms with Crippen molar-refractivity contribution in [2.45, 2.75) is 6.92 Å². The van der Waals surface area contributed by atoms with Crippen molar-refractivity contribution in [3.8, 4) is 11.5 Å². The van der Waals surface area contributed by atoms with Gasteiger partial charge in [0.05, 0.1) is 12.2 Å². The van der Waals surface area contributed by atoms with Crippen molar-refractivity contribution in [3.05, 3.63) is 54.4 Å². The number of aromatic nitrogens is 2. The second-order valence-electron chi connectivity index (χ2n) is 6.39. The van der Waals surface area contributed by atoms with Gasteiger partial charge in [0.15, 0.2) is 23.1 Å². The van der Waals surface area contributed by atoms with Crippen LogP contribution in [0.5, 0.6) is 11.5 Å². The molecule has 1 aliphatic rings. The average Bonchev–Trinajstić information content (AvgIpc) is 2.77. The fraction of sp³-hybridized carbons (Fsp3) is 0.190. The van der Waals surface area contributed by atoms with Crippen LogP contribution in [-0.4, -0.2) is 35.8 Å². The van der Waals surface area contributed by atoms with Gasteiger partial charge in [0, 0.05) is 17.4 Å². The lowest BCUT2D eigenvalue weighted by molar-refractivity contribution is 0.0526. The molecule has 0 amide bonds. The van der Waals surface area contributed by atoms with Crippen molar-refractivity contribution in [2.75, 3.05) is 36.2 Å². The molecule has 2 heterocycles. The Hall–Kier alpha value is -4.01.